The van der Waals surface area contributed by atoms with Crippen LogP contribution in [0.4, 0.5) is 0 Å². The lowest BCUT2D eigenvalue weighted by atomic mass is 9.70. The van der Waals surface area contributed by atoms with E-state index >= 15 is 0 Å². The van der Waals surface area contributed by atoms with Crippen molar-refractivity contribution in [2.24, 2.45) is 11.8 Å². The highest BCUT2D eigenvalue weighted by Crippen LogP contribution is 2.42. The maximum atomic E-state index is 10.5. The highest BCUT2D eigenvalue weighted by molar-refractivity contribution is 4.96. The van der Waals surface area contributed by atoms with Crippen molar-refractivity contribution < 1.29 is 10.2 Å². The van der Waals surface area contributed by atoms with Gasteiger partial charge in [-0.05, 0) is 31.1 Å². The minimum atomic E-state index is -0.755. The van der Waals surface area contributed by atoms with Gasteiger partial charge in [0, 0.05) is 0 Å². The van der Waals surface area contributed by atoms with Crippen molar-refractivity contribution in [3.05, 3.63) is 0 Å². The second-order valence-electron chi connectivity index (χ2n) is 5.87. The van der Waals surface area contributed by atoms with Crippen LogP contribution in [0, 0.1) is 11.8 Å². The van der Waals surface area contributed by atoms with Crippen LogP contribution in [-0.4, -0.2) is 21.9 Å². The molecule has 0 heterocycles. The molecule has 2 aliphatic carbocycles. The molecule has 2 rings (SSSR count). The molecule has 0 radical (unpaired) electrons. The summed E-state index contributed by atoms with van der Waals surface area (Å²) in [7, 11) is 0. The monoisotopic (exact) mass is 226 g/mol. The number of aliphatic hydroxyl groups is 2. The number of rotatable bonds is 3. The number of hydrogen-bond donors (Lipinski definition) is 2. The average Bonchev–Trinajstić information content (AvgIpc) is 2.76. The van der Waals surface area contributed by atoms with Crippen LogP contribution in [0.2, 0.25) is 0 Å². The lowest BCUT2D eigenvalue weighted by molar-refractivity contribution is -0.114. The molecule has 0 aromatic carbocycles. The zero-order chi connectivity index (χ0) is 11.6. The summed E-state index contributed by atoms with van der Waals surface area (Å²) in [4.78, 5) is 0. The highest BCUT2D eigenvalue weighted by atomic mass is 16.3. The van der Waals surface area contributed by atoms with Crippen molar-refractivity contribution in [1.82, 2.24) is 0 Å². The van der Waals surface area contributed by atoms with E-state index in [2.05, 4.69) is 6.92 Å². The van der Waals surface area contributed by atoms with Gasteiger partial charge in [-0.15, -0.1) is 0 Å². The summed E-state index contributed by atoms with van der Waals surface area (Å²) in [5, 5.41) is 21.0. The van der Waals surface area contributed by atoms with Crippen LogP contribution in [0.25, 0.3) is 0 Å². The molecule has 94 valence electrons. The summed E-state index contributed by atoms with van der Waals surface area (Å²) < 4.78 is 0. The maximum absolute atomic E-state index is 10.5. The zero-order valence-electron chi connectivity index (χ0n) is 10.5. The molecule has 2 saturated carbocycles. The van der Waals surface area contributed by atoms with Crippen LogP contribution in [0.5, 0.6) is 0 Å². The normalized spacial score (nSPS) is 36.2. The van der Waals surface area contributed by atoms with Gasteiger partial charge in [-0.25, -0.2) is 0 Å². The molecule has 0 aliphatic heterocycles. The fraction of sp³-hybridized carbons (Fsp3) is 1.00. The van der Waals surface area contributed by atoms with Crippen LogP contribution >= 0.6 is 0 Å². The second kappa shape index (κ2) is 5.05. The van der Waals surface area contributed by atoms with Crippen LogP contribution in [-0.2, 0) is 0 Å². The predicted octanol–water partition coefficient (Wildman–Crippen LogP) is 2.87. The Balaban J connectivity index is 2.03. The molecule has 2 aliphatic rings. The van der Waals surface area contributed by atoms with Gasteiger partial charge in [0.2, 0.25) is 0 Å². The van der Waals surface area contributed by atoms with Crippen molar-refractivity contribution in [3.63, 3.8) is 0 Å². The quantitative estimate of drug-likeness (QED) is 0.777. The van der Waals surface area contributed by atoms with Crippen molar-refractivity contribution in [1.29, 1.82) is 0 Å². The molecule has 2 nitrogen and oxygen atoms in total. The maximum Gasteiger partial charge on any atom is 0.0908 e. The van der Waals surface area contributed by atoms with Crippen LogP contribution in [0.15, 0.2) is 0 Å². The van der Waals surface area contributed by atoms with E-state index in [4.69, 9.17) is 0 Å². The SMILES string of the molecule is CCC1CCCCC1C(O)C1(O)CCCC1. The minimum absolute atomic E-state index is 0.349. The van der Waals surface area contributed by atoms with E-state index in [1.165, 1.54) is 19.3 Å². The fourth-order valence-electron chi connectivity index (χ4n) is 3.84. The molecule has 2 heteroatoms. The Kier molecular flexibility index (Phi) is 3.91. The van der Waals surface area contributed by atoms with E-state index in [1.54, 1.807) is 0 Å². The second-order valence-corrected chi connectivity index (χ2v) is 5.87. The van der Waals surface area contributed by atoms with E-state index in [-0.39, 0.29) is 0 Å². The van der Waals surface area contributed by atoms with Gasteiger partial charge >= 0.3 is 0 Å². The largest absolute Gasteiger partial charge is 0.390 e. The van der Waals surface area contributed by atoms with Gasteiger partial charge in [-0.3, -0.25) is 0 Å². The van der Waals surface area contributed by atoms with Gasteiger partial charge in [0.25, 0.3) is 0 Å². The van der Waals surface area contributed by atoms with Crippen molar-refractivity contribution in [2.75, 3.05) is 0 Å². The molecule has 0 saturated heterocycles. The van der Waals surface area contributed by atoms with Crippen LogP contribution in [0.3, 0.4) is 0 Å². The predicted molar refractivity (Wildman–Crippen MR) is 65.2 cm³/mol. The van der Waals surface area contributed by atoms with Gasteiger partial charge < -0.3 is 10.2 Å². The molecule has 2 N–H and O–H groups in total. The third-order valence-corrected chi connectivity index (χ3v) is 4.92. The van der Waals surface area contributed by atoms with Gasteiger partial charge in [0.1, 0.15) is 0 Å². The Morgan fingerprint density at radius 2 is 1.75 bits per heavy atom. The molecule has 0 bridgehead atoms. The first-order valence-electron chi connectivity index (χ1n) is 7.08. The summed E-state index contributed by atoms with van der Waals surface area (Å²) >= 11 is 0. The Bertz CT molecular complexity index is 221. The molecule has 3 atom stereocenters. The van der Waals surface area contributed by atoms with Gasteiger partial charge in [0.05, 0.1) is 11.7 Å². The Morgan fingerprint density at radius 1 is 1.12 bits per heavy atom. The van der Waals surface area contributed by atoms with E-state index in [9.17, 15) is 10.2 Å². The van der Waals surface area contributed by atoms with Crippen molar-refractivity contribution >= 4 is 0 Å². The average molecular weight is 226 g/mol. The molecule has 3 unspecified atom stereocenters. The first-order valence-corrected chi connectivity index (χ1v) is 7.08. The summed E-state index contributed by atoms with van der Waals surface area (Å²) in [6.45, 7) is 2.22. The topological polar surface area (TPSA) is 40.5 Å². The summed E-state index contributed by atoms with van der Waals surface area (Å²) in [6, 6.07) is 0. The van der Waals surface area contributed by atoms with E-state index < -0.39 is 11.7 Å². The van der Waals surface area contributed by atoms with Crippen LogP contribution in [0.1, 0.15) is 64.7 Å². The van der Waals surface area contributed by atoms with Crippen molar-refractivity contribution in [2.45, 2.75) is 76.4 Å². The first kappa shape index (κ1) is 12.4. The van der Waals surface area contributed by atoms with E-state index in [0.717, 1.165) is 38.5 Å². The van der Waals surface area contributed by atoms with Gasteiger partial charge in [0.15, 0.2) is 0 Å². The smallest absolute Gasteiger partial charge is 0.0908 e. The molecule has 2 fully saturated rings. The summed E-state index contributed by atoms with van der Waals surface area (Å²) in [5.74, 6) is 0.982. The Hall–Kier alpha value is -0.0800. The van der Waals surface area contributed by atoms with Gasteiger partial charge in [-0.1, -0.05) is 45.4 Å². The lowest BCUT2D eigenvalue weighted by Gasteiger charge is -2.40. The fourth-order valence-corrected chi connectivity index (χ4v) is 3.84. The molecule has 0 aromatic rings. The van der Waals surface area contributed by atoms with E-state index in [0.29, 0.717) is 11.8 Å². The summed E-state index contributed by atoms with van der Waals surface area (Å²) in [5.41, 5.74) is -0.755. The number of aliphatic hydroxyl groups excluding tert-OH is 1. The van der Waals surface area contributed by atoms with Crippen LogP contribution < -0.4 is 0 Å². The standard InChI is InChI=1S/C14H26O2/c1-2-11-7-3-4-8-12(11)13(15)14(16)9-5-6-10-14/h11-13,15-16H,2-10H2,1H3. The Labute approximate surface area is 99.1 Å². The molecular weight excluding hydrogens is 200 g/mol. The molecule has 0 amide bonds. The molecule has 0 aromatic heterocycles. The number of hydrogen-bond acceptors (Lipinski definition) is 2. The van der Waals surface area contributed by atoms with Crippen molar-refractivity contribution in [3.8, 4) is 0 Å². The molecule has 0 spiro atoms. The third kappa shape index (κ3) is 2.28. The molecule has 16 heavy (non-hydrogen) atoms. The minimum Gasteiger partial charge on any atom is -0.390 e. The molecular formula is C14H26O2. The van der Waals surface area contributed by atoms with E-state index in [1.807, 2.05) is 0 Å². The summed E-state index contributed by atoms with van der Waals surface area (Å²) in [6.07, 6.45) is 9.35. The highest BCUT2D eigenvalue weighted by Gasteiger charge is 2.44. The van der Waals surface area contributed by atoms with Gasteiger partial charge in [-0.2, -0.15) is 0 Å². The first-order chi connectivity index (χ1) is 7.67. The zero-order valence-corrected chi connectivity index (χ0v) is 10.5. The lowest BCUT2D eigenvalue weighted by Crippen LogP contribution is -2.47. The third-order valence-electron chi connectivity index (χ3n) is 4.92. The Morgan fingerprint density at radius 3 is 2.38 bits per heavy atom.